The third-order valence-corrected chi connectivity index (χ3v) is 5.12. The maximum absolute atomic E-state index is 12.3. The fourth-order valence-electron chi connectivity index (χ4n) is 2.64. The molecule has 24 heavy (non-hydrogen) atoms. The minimum Gasteiger partial charge on any atom is -0.349 e. The molecular formula is C18H23N3O2S. The van der Waals surface area contributed by atoms with Crippen LogP contribution in [0.1, 0.15) is 56.9 Å². The third-order valence-electron chi connectivity index (χ3n) is 4.00. The lowest BCUT2D eigenvalue weighted by molar-refractivity contribution is -0.121. The van der Waals surface area contributed by atoms with Gasteiger partial charge in [0.2, 0.25) is 11.8 Å². The quantitative estimate of drug-likeness (QED) is 0.916. The van der Waals surface area contributed by atoms with E-state index >= 15 is 0 Å². The highest BCUT2D eigenvalue weighted by atomic mass is 32.2. The zero-order chi connectivity index (χ0) is 17.2. The molecule has 0 saturated heterocycles. The predicted octanol–water partition coefficient (Wildman–Crippen LogP) is 3.65. The van der Waals surface area contributed by atoms with Crippen molar-refractivity contribution in [3.05, 3.63) is 41.5 Å². The maximum atomic E-state index is 12.3. The van der Waals surface area contributed by atoms with Gasteiger partial charge in [-0.15, -0.1) is 11.8 Å². The number of benzene rings is 1. The number of hydrogen-bond acceptors (Lipinski definition) is 5. The first-order valence-corrected chi connectivity index (χ1v) is 9.26. The van der Waals surface area contributed by atoms with E-state index in [0.717, 1.165) is 12.2 Å². The van der Waals surface area contributed by atoms with Gasteiger partial charge < -0.3 is 9.84 Å². The van der Waals surface area contributed by atoms with E-state index in [1.165, 1.54) is 10.5 Å². The number of carbonyl (C=O) groups is 1. The number of nitrogens with one attached hydrogen (secondary N) is 1. The van der Waals surface area contributed by atoms with Crippen molar-refractivity contribution in [1.29, 1.82) is 0 Å². The fraction of sp³-hybridized carbons (Fsp3) is 0.500. The molecule has 0 unspecified atom stereocenters. The van der Waals surface area contributed by atoms with Crippen LogP contribution in [0.5, 0.6) is 0 Å². The van der Waals surface area contributed by atoms with Crippen LogP contribution in [-0.4, -0.2) is 21.8 Å². The third kappa shape index (κ3) is 3.98. The molecule has 0 saturated carbocycles. The van der Waals surface area contributed by atoms with Crippen LogP contribution >= 0.6 is 11.8 Å². The Morgan fingerprint density at radius 1 is 1.38 bits per heavy atom. The predicted molar refractivity (Wildman–Crippen MR) is 94.0 cm³/mol. The molecule has 1 amide bonds. The van der Waals surface area contributed by atoms with Crippen LogP contribution < -0.4 is 5.32 Å². The van der Waals surface area contributed by atoms with Gasteiger partial charge in [-0.2, -0.15) is 4.98 Å². The van der Waals surface area contributed by atoms with Crippen molar-refractivity contribution in [2.24, 2.45) is 0 Å². The molecule has 1 aromatic carbocycles. The summed E-state index contributed by atoms with van der Waals surface area (Å²) in [6.45, 7) is 6.10. The van der Waals surface area contributed by atoms with Gasteiger partial charge in [0.25, 0.3) is 0 Å². The first-order chi connectivity index (χ1) is 11.4. The number of hydrogen-bond donors (Lipinski definition) is 1. The van der Waals surface area contributed by atoms with Crippen LogP contribution in [0.15, 0.2) is 33.7 Å². The molecular weight excluding hydrogens is 322 g/mol. The lowest BCUT2D eigenvalue weighted by Gasteiger charge is -2.25. The average Bonchev–Trinajstić information content (AvgIpc) is 3.03. The Balaban J connectivity index is 1.56. The molecule has 1 aromatic heterocycles. The highest BCUT2D eigenvalue weighted by Gasteiger charge is 2.23. The number of carbonyl (C=O) groups excluding carboxylic acids is 1. The largest absolute Gasteiger partial charge is 0.349 e. The summed E-state index contributed by atoms with van der Waals surface area (Å²) in [5.41, 5.74) is 1.07. The molecule has 2 aromatic rings. The van der Waals surface area contributed by atoms with Crippen LogP contribution in [0.2, 0.25) is 0 Å². The van der Waals surface area contributed by atoms with Gasteiger partial charge >= 0.3 is 0 Å². The first-order valence-electron chi connectivity index (χ1n) is 8.27. The van der Waals surface area contributed by atoms with Gasteiger partial charge in [-0.1, -0.05) is 44.1 Å². The number of aromatic nitrogens is 2. The number of rotatable bonds is 4. The molecule has 6 heteroatoms. The molecule has 2 heterocycles. The second kappa shape index (κ2) is 6.97. The van der Waals surface area contributed by atoms with Crippen LogP contribution in [0.3, 0.4) is 0 Å². The van der Waals surface area contributed by atoms with E-state index in [1.54, 1.807) is 0 Å². The van der Waals surface area contributed by atoms with Crippen LogP contribution in [-0.2, 0) is 16.6 Å². The molecule has 3 rings (SSSR count). The van der Waals surface area contributed by atoms with Gasteiger partial charge in [0.05, 0.1) is 6.04 Å². The Labute approximate surface area is 146 Å². The van der Waals surface area contributed by atoms with Crippen LogP contribution in [0.4, 0.5) is 0 Å². The van der Waals surface area contributed by atoms with Gasteiger partial charge in [0, 0.05) is 28.9 Å². The van der Waals surface area contributed by atoms with Crippen LogP contribution in [0.25, 0.3) is 0 Å². The Hall–Kier alpha value is -1.82. The number of amides is 1. The molecule has 5 nitrogen and oxygen atoms in total. The summed E-state index contributed by atoms with van der Waals surface area (Å²) in [5.74, 6) is 2.25. The molecule has 0 radical (unpaired) electrons. The number of fused-ring (bicyclic) bond motifs is 1. The Morgan fingerprint density at radius 3 is 2.92 bits per heavy atom. The van der Waals surface area contributed by atoms with Gasteiger partial charge in [0.1, 0.15) is 0 Å². The summed E-state index contributed by atoms with van der Waals surface area (Å²) in [7, 11) is 0. The highest BCUT2D eigenvalue weighted by Crippen LogP contribution is 2.35. The Kier molecular flexibility index (Phi) is 4.94. The molecule has 0 aliphatic carbocycles. The second-order valence-corrected chi connectivity index (χ2v) is 8.19. The smallest absolute Gasteiger partial charge is 0.227 e. The summed E-state index contributed by atoms with van der Waals surface area (Å²) >= 11 is 1.85. The topological polar surface area (TPSA) is 68.0 Å². The maximum Gasteiger partial charge on any atom is 0.227 e. The lowest BCUT2D eigenvalue weighted by Crippen LogP contribution is -2.30. The minimum absolute atomic E-state index is 0.0252. The molecule has 0 spiro atoms. The zero-order valence-electron chi connectivity index (χ0n) is 14.3. The zero-order valence-corrected chi connectivity index (χ0v) is 15.2. The van der Waals surface area contributed by atoms with Crippen molar-refractivity contribution >= 4 is 17.7 Å². The molecule has 128 valence electrons. The number of aryl methyl sites for hydroxylation is 1. The van der Waals surface area contributed by atoms with E-state index in [0.29, 0.717) is 24.6 Å². The van der Waals surface area contributed by atoms with E-state index in [2.05, 4.69) is 27.6 Å². The van der Waals surface area contributed by atoms with E-state index in [-0.39, 0.29) is 17.4 Å². The van der Waals surface area contributed by atoms with E-state index < -0.39 is 0 Å². The second-order valence-electron chi connectivity index (χ2n) is 7.06. The molecule has 0 fully saturated rings. The van der Waals surface area contributed by atoms with Crippen molar-refractivity contribution < 1.29 is 9.32 Å². The SMILES string of the molecule is CC(C)(C)c1noc(CCC(=O)N[C@@H]2CCSc3ccccc32)n1. The highest BCUT2D eigenvalue weighted by molar-refractivity contribution is 7.99. The van der Waals surface area contributed by atoms with E-state index in [4.69, 9.17) is 4.52 Å². The van der Waals surface area contributed by atoms with Gasteiger partial charge in [-0.3, -0.25) is 4.79 Å². The van der Waals surface area contributed by atoms with Gasteiger partial charge in [-0.25, -0.2) is 0 Å². The standard InChI is InChI=1S/C18H23N3O2S/c1-18(2,3)17-20-16(23-21-17)9-8-15(22)19-13-10-11-24-14-7-5-4-6-12(13)14/h4-7,13H,8-11H2,1-3H3,(H,19,22)/t13-/m1/s1. The number of thioether (sulfide) groups is 1. The molecule has 0 bridgehead atoms. The summed E-state index contributed by atoms with van der Waals surface area (Å²) in [4.78, 5) is 17.9. The molecule has 1 N–H and O–H groups in total. The van der Waals surface area contributed by atoms with Crippen molar-refractivity contribution in [3.8, 4) is 0 Å². The summed E-state index contributed by atoms with van der Waals surface area (Å²) in [6.07, 6.45) is 1.79. The lowest BCUT2D eigenvalue weighted by atomic mass is 9.96. The summed E-state index contributed by atoms with van der Waals surface area (Å²) in [5, 5.41) is 7.13. The molecule has 1 atom stereocenters. The first kappa shape index (κ1) is 17.0. The minimum atomic E-state index is -0.145. The monoisotopic (exact) mass is 345 g/mol. The fourth-order valence-corrected chi connectivity index (χ4v) is 3.77. The van der Waals surface area contributed by atoms with Crippen molar-refractivity contribution in [3.63, 3.8) is 0 Å². The Bertz CT molecular complexity index is 721. The van der Waals surface area contributed by atoms with Crippen molar-refractivity contribution in [2.45, 2.75) is 56.4 Å². The van der Waals surface area contributed by atoms with Gasteiger partial charge in [-0.05, 0) is 18.1 Å². The van der Waals surface area contributed by atoms with Gasteiger partial charge in [0.15, 0.2) is 5.82 Å². The van der Waals surface area contributed by atoms with Crippen molar-refractivity contribution in [2.75, 3.05) is 5.75 Å². The molecule has 1 aliphatic heterocycles. The normalized spacial score (nSPS) is 17.4. The van der Waals surface area contributed by atoms with E-state index in [1.807, 2.05) is 44.7 Å². The summed E-state index contributed by atoms with van der Waals surface area (Å²) < 4.78 is 5.24. The van der Waals surface area contributed by atoms with E-state index in [9.17, 15) is 4.79 Å². The molecule has 1 aliphatic rings. The average molecular weight is 345 g/mol. The summed E-state index contributed by atoms with van der Waals surface area (Å²) in [6, 6.07) is 8.38. The number of nitrogens with zero attached hydrogens (tertiary/aromatic N) is 2. The van der Waals surface area contributed by atoms with Crippen molar-refractivity contribution in [1.82, 2.24) is 15.5 Å². The Morgan fingerprint density at radius 2 is 2.17 bits per heavy atom. The van der Waals surface area contributed by atoms with Crippen LogP contribution in [0, 0.1) is 0 Å².